The number of rotatable bonds is 11. The Balaban J connectivity index is 2.06. The van der Waals surface area contributed by atoms with Crippen LogP contribution in [0.5, 0.6) is 0 Å². The third kappa shape index (κ3) is 7.75. The van der Waals surface area contributed by atoms with Crippen LogP contribution in [-0.2, 0) is 26.2 Å². The van der Waals surface area contributed by atoms with Gasteiger partial charge in [-0.1, -0.05) is 60.5 Å². The number of halogens is 2. The number of nitrogens with one attached hydrogen (secondary N) is 1. The Morgan fingerprint density at radius 2 is 1.59 bits per heavy atom. The van der Waals surface area contributed by atoms with Crippen molar-refractivity contribution in [2.45, 2.75) is 51.6 Å². The third-order valence-electron chi connectivity index (χ3n) is 6.18. The number of anilines is 1. The molecule has 3 aromatic carbocycles. The average Bonchev–Trinajstić information content (AvgIpc) is 2.89. The highest BCUT2D eigenvalue weighted by Crippen LogP contribution is 2.27. The third-order valence-corrected chi connectivity index (χ3v) is 8.55. The maximum absolute atomic E-state index is 13.9. The van der Waals surface area contributed by atoms with E-state index in [9.17, 15) is 18.0 Å². The van der Waals surface area contributed by atoms with Crippen LogP contribution in [0.1, 0.15) is 37.0 Å². The van der Waals surface area contributed by atoms with E-state index in [1.807, 2.05) is 26.8 Å². The van der Waals surface area contributed by atoms with Crippen molar-refractivity contribution in [1.82, 2.24) is 10.2 Å². The van der Waals surface area contributed by atoms with Crippen LogP contribution in [0.3, 0.4) is 0 Å². The molecule has 0 aliphatic heterocycles. The number of amides is 2. The van der Waals surface area contributed by atoms with Gasteiger partial charge in [-0.15, -0.1) is 0 Å². The number of carbonyl (C=O) groups is 2. The molecule has 0 unspecified atom stereocenters. The van der Waals surface area contributed by atoms with Gasteiger partial charge >= 0.3 is 0 Å². The summed E-state index contributed by atoms with van der Waals surface area (Å²) in [5.41, 5.74) is 2.64. The van der Waals surface area contributed by atoms with Gasteiger partial charge in [-0.05, 0) is 80.3 Å². The van der Waals surface area contributed by atoms with Crippen LogP contribution in [0, 0.1) is 13.8 Å². The molecule has 1 N–H and O–H groups in total. The van der Waals surface area contributed by atoms with Gasteiger partial charge in [0.25, 0.3) is 10.0 Å². The molecule has 0 bridgehead atoms. The topological polar surface area (TPSA) is 86.8 Å². The zero-order chi connectivity index (χ0) is 28.7. The van der Waals surface area contributed by atoms with E-state index in [1.165, 1.54) is 17.0 Å². The van der Waals surface area contributed by atoms with Crippen molar-refractivity contribution in [3.63, 3.8) is 0 Å². The lowest BCUT2D eigenvalue weighted by molar-refractivity contribution is -0.139. The monoisotopic (exact) mass is 589 g/mol. The summed E-state index contributed by atoms with van der Waals surface area (Å²) in [5, 5.41) is 3.59. The lowest BCUT2D eigenvalue weighted by Crippen LogP contribution is -2.51. The number of sulfonamides is 1. The molecular weight excluding hydrogens is 557 g/mol. The molecule has 0 heterocycles. The maximum Gasteiger partial charge on any atom is 0.264 e. The van der Waals surface area contributed by atoms with Gasteiger partial charge in [0.2, 0.25) is 11.8 Å². The van der Waals surface area contributed by atoms with E-state index in [2.05, 4.69) is 5.32 Å². The Morgan fingerprint density at radius 3 is 2.18 bits per heavy atom. The predicted molar refractivity (Wildman–Crippen MR) is 157 cm³/mol. The fraction of sp³-hybridized carbons (Fsp3) is 0.310. The van der Waals surface area contributed by atoms with E-state index in [1.54, 1.807) is 55.5 Å². The summed E-state index contributed by atoms with van der Waals surface area (Å²) in [5.74, 6) is -0.905. The zero-order valence-corrected chi connectivity index (χ0v) is 24.8. The van der Waals surface area contributed by atoms with Crippen LogP contribution in [0.4, 0.5) is 5.69 Å². The van der Waals surface area contributed by atoms with Gasteiger partial charge in [0.15, 0.2) is 0 Å². The summed E-state index contributed by atoms with van der Waals surface area (Å²) in [6.45, 7) is 7.18. The van der Waals surface area contributed by atoms with Crippen LogP contribution >= 0.6 is 23.2 Å². The van der Waals surface area contributed by atoms with Crippen LogP contribution in [-0.4, -0.2) is 44.3 Å². The Bertz CT molecular complexity index is 1410. The van der Waals surface area contributed by atoms with Gasteiger partial charge in [0, 0.05) is 23.1 Å². The molecule has 7 nitrogen and oxygen atoms in total. The summed E-state index contributed by atoms with van der Waals surface area (Å²) >= 11 is 12.5. The quantitative estimate of drug-likeness (QED) is 0.308. The molecule has 0 radical (unpaired) electrons. The van der Waals surface area contributed by atoms with Crippen molar-refractivity contribution in [2.24, 2.45) is 0 Å². The second kappa shape index (κ2) is 13.3. The first-order valence-corrected chi connectivity index (χ1v) is 14.8. The van der Waals surface area contributed by atoms with Gasteiger partial charge in [0.05, 0.1) is 10.6 Å². The number of aryl methyl sites for hydroxylation is 2. The number of carbonyl (C=O) groups excluding carboxylic acids is 2. The second-order valence-corrected chi connectivity index (χ2v) is 12.1. The Labute approximate surface area is 240 Å². The summed E-state index contributed by atoms with van der Waals surface area (Å²) in [6.07, 6.45) is 0.727. The minimum atomic E-state index is -4.12. The molecule has 0 saturated heterocycles. The number of hydrogen-bond acceptors (Lipinski definition) is 4. The lowest BCUT2D eigenvalue weighted by atomic mass is 10.1. The molecule has 1 atom stereocenters. The summed E-state index contributed by atoms with van der Waals surface area (Å²) in [4.78, 5) is 28.3. The first-order valence-electron chi connectivity index (χ1n) is 12.6. The number of benzene rings is 3. The van der Waals surface area contributed by atoms with E-state index in [0.29, 0.717) is 27.8 Å². The predicted octanol–water partition coefficient (Wildman–Crippen LogP) is 5.75. The van der Waals surface area contributed by atoms with Gasteiger partial charge in [-0.3, -0.25) is 13.9 Å². The zero-order valence-electron chi connectivity index (χ0n) is 22.4. The second-order valence-electron chi connectivity index (χ2n) is 9.40. The van der Waals surface area contributed by atoms with Gasteiger partial charge < -0.3 is 10.2 Å². The number of nitrogens with zero attached hydrogens (tertiary/aromatic N) is 2. The van der Waals surface area contributed by atoms with E-state index in [0.717, 1.165) is 21.9 Å². The highest BCUT2D eigenvalue weighted by atomic mass is 35.5. The first-order chi connectivity index (χ1) is 18.4. The van der Waals surface area contributed by atoms with Gasteiger partial charge in [-0.2, -0.15) is 0 Å². The van der Waals surface area contributed by atoms with Crippen LogP contribution in [0.15, 0.2) is 71.6 Å². The summed E-state index contributed by atoms with van der Waals surface area (Å²) in [7, 11) is -4.12. The highest BCUT2D eigenvalue weighted by molar-refractivity contribution is 7.92. The molecular formula is C29H33Cl2N3O4S. The van der Waals surface area contributed by atoms with E-state index in [4.69, 9.17) is 23.2 Å². The molecule has 0 aliphatic carbocycles. The fourth-order valence-electron chi connectivity index (χ4n) is 4.16. The first kappa shape index (κ1) is 30.5. The lowest BCUT2D eigenvalue weighted by Gasteiger charge is -2.32. The van der Waals surface area contributed by atoms with Crippen molar-refractivity contribution in [3.05, 3.63) is 93.5 Å². The summed E-state index contributed by atoms with van der Waals surface area (Å²) < 4.78 is 28.8. The molecule has 10 heteroatoms. The van der Waals surface area contributed by atoms with Gasteiger partial charge in [-0.25, -0.2) is 8.42 Å². The molecule has 3 aromatic rings. The average molecular weight is 591 g/mol. The molecule has 0 spiro atoms. The van der Waals surface area contributed by atoms with E-state index in [-0.39, 0.29) is 17.3 Å². The minimum Gasteiger partial charge on any atom is -0.354 e. The SMILES string of the molecule is CCCNC(=O)[C@@H](C)N(Cc1ccc(Cl)cc1Cl)C(=O)CN(c1cc(C)cc(C)c1)S(=O)(=O)c1ccccc1. The Morgan fingerprint density at radius 1 is 0.949 bits per heavy atom. The Hall–Kier alpha value is -3.07. The Kier molecular flexibility index (Phi) is 10.4. The molecule has 3 rings (SSSR count). The summed E-state index contributed by atoms with van der Waals surface area (Å²) in [6, 6.07) is 17.3. The molecule has 39 heavy (non-hydrogen) atoms. The highest BCUT2D eigenvalue weighted by Gasteiger charge is 2.32. The van der Waals surface area contributed by atoms with Crippen molar-refractivity contribution >= 4 is 50.7 Å². The molecule has 0 fully saturated rings. The van der Waals surface area contributed by atoms with E-state index < -0.39 is 28.5 Å². The van der Waals surface area contributed by atoms with Crippen molar-refractivity contribution in [3.8, 4) is 0 Å². The minimum absolute atomic E-state index is 0.0123. The van der Waals surface area contributed by atoms with Crippen molar-refractivity contribution in [2.75, 3.05) is 17.4 Å². The van der Waals surface area contributed by atoms with Crippen LogP contribution < -0.4 is 9.62 Å². The molecule has 208 valence electrons. The largest absolute Gasteiger partial charge is 0.354 e. The van der Waals surface area contributed by atoms with Crippen LogP contribution in [0.25, 0.3) is 0 Å². The van der Waals surface area contributed by atoms with Gasteiger partial charge in [0.1, 0.15) is 12.6 Å². The van der Waals surface area contributed by atoms with E-state index >= 15 is 0 Å². The molecule has 0 aliphatic rings. The fourth-order valence-corrected chi connectivity index (χ4v) is 6.04. The normalized spacial score (nSPS) is 12.1. The maximum atomic E-state index is 13.9. The molecule has 0 aromatic heterocycles. The van der Waals surface area contributed by atoms with Crippen LogP contribution in [0.2, 0.25) is 10.0 Å². The number of hydrogen-bond donors (Lipinski definition) is 1. The molecule has 2 amide bonds. The standard InChI is InChI=1S/C29H33Cl2N3O4S/c1-5-13-32-29(36)22(4)33(18-23-11-12-24(30)17-27(23)31)28(35)19-34(25-15-20(2)14-21(3)16-25)39(37,38)26-9-7-6-8-10-26/h6-12,14-17,22H,5,13,18-19H2,1-4H3,(H,32,36)/t22-/m1/s1. The smallest absolute Gasteiger partial charge is 0.264 e. The molecule has 0 saturated carbocycles. The van der Waals surface area contributed by atoms with Crippen molar-refractivity contribution < 1.29 is 18.0 Å². The van der Waals surface area contributed by atoms with Crippen molar-refractivity contribution in [1.29, 1.82) is 0 Å².